The Hall–Kier alpha value is -3.02. The molecule has 0 heterocycles. The average Bonchev–Trinajstić information content (AvgIpc) is 2.78. The second-order valence-corrected chi connectivity index (χ2v) is 8.18. The topological polar surface area (TPSA) is 67.9 Å². The van der Waals surface area contributed by atoms with E-state index < -0.39 is 6.04 Å². The van der Waals surface area contributed by atoms with E-state index in [1.54, 1.807) is 18.9 Å². The molecule has 6 nitrogen and oxygen atoms in total. The van der Waals surface area contributed by atoms with Crippen molar-refractivity contribution in [1.29, 1.82) is 0 Å². The van der Waals surface area contributed by atoms with Gasteiger partial charge in [0.15, 0.2) is 6.61 Å². The van der Waals surface area contributed by atoms with Crippen molar-refractivity contribution in [1.82, 2.24) is 10.2 Å². The first-order valence-electron chi connectivity index (χ1n) is 11.2. The maximum atomic E-state index is 13.2. The van der Waals surface area contributed by atoms with Gasteiger partial charge in [0.1, 0.15) is 17.5 Å². The van der Waals surface area contributed by atoms with E-state index in [-0.39, 0.29) is 18.4 Å². The second kappa shape index (κ2) is 12.1. The molecule has 32 heavy (non-hydrogen) atoms. The van der Waals surface area contributed by atoms with E-state index in [0.29, 0.717) is 18.8 Å². The first-order chi connectivity index (χ1) is 15.3. The molecule has 174 valence electrons. The summed E-state index contributed by atoms with van der Waals surface area (Å²) in [4.78, 5) is 27.5. The van der Waals surface area contributed by atoms with Crippen molar-refractivity contribution < 1.29 is 19.1 Å². The lowest BCUT2D eigenvalue weighted by atomic mass is 10.1. The Morgan fingerprint density at radius 2 is 1.78 bits per heavy atom. The lowest BCUT2D eigenvalue weighted by Gasteiger charge is -2.29. The maximum Gasteiger partial charge on any atom is 0.261 e. The van der Waals surface area contributed by atoms with Gasteiger partial charge in [-0.05, 0) is 74.6 Å². The number of ether oxygens (including phenoxy) is 2. The largest absolute Gasteiger partial charge is 0.497 e. The van der Waals surface area contributed by atoms with Gasteiger partial charge < -0.3 is 19.7 Å². The number of unbranched alkanes of at least 4 members (excludes halogenated alkanes) is 1. The minimum Gasteiger partial charge on any atom is -0.497 e. The van der Waals surface area contributed by atoms with Crippen LogP contribution in [0.5, 0.6) is 11.5 Å². The van der Waals surface area contributed by atoms with Crippen molar-refractivity contribution in [3.05, 3.63) is 58.7 Å². The van der Waals surface area contributed by atoms with Crippen LogP contribution in [0.4, 0.5) is 0 Å². The number of carbonyl (C=O) groups excluding carboxylic acids is 2. The Morgan fingerprint density at radius 1 is 1.09 bits per heavy atom. The van der Waals surface area contributed by atoms with E-state index in [0.717, 1.165) is 40.8 Å². The van der Waals surface area contributed by atoms with Gasteiger partial charge in [-0.15, -0.1) is 0 Å². The zero-order valence-corrected chi connectivity index (χ0v) is 20.2. The zero-order valence-electron chi connectivity index (χ0n) is 20.2. The molecule has 0 fully saturated rings. The normalized spacial score (nSPS) is 11.6. The van der Waals surface area contributed by atoms with Crippen molar-refractivity contribution in [2.75, 3.05) is 20.3 Å². The monoisotopic (exact) mass is 440 g/mol. The Bertz CT molecular complexity index is 909. The van der Waals surface area contributed by atoms with E-state index in [4.69, 9.17) is 9.47 Å². The lowest BCUT2D eigenvalue weighted by Crippen LogP contribution is -2.49. The minimum atomic E-state index is -0.620. The molecule has 0 saturated heterocycles. The Kier molecular flexibility index (Phi) is 9.57. The molecule has 1 unspecified atom stereocenters. The molecule has 0 spiro atoms. The molecule has 0 aliphatic rings. The highest BCUT2D eigenvalue weighted by atomic mass is 16.5. The highest BCUT2D eigenvalue weighted by molar-refractivity contribution is 5.88. The SMILES string of the molecule is CCCCNC(=O)C(C)N(Cc1ccc(OC)cc1)C(=O)COc1cc(C)cc(C)c1C. The molecule has 0 aliphatic carbocycles. The summed E-state index contributed by atoms with van der Waals surface area (Å²) in [6.07, 6.45) is 1.90. The van der Waals surface area contributed by atoms with Crippen LogP contribution < -0.4 is 14.8 Å². The molecule has 0 aliphatic heterocycles. The van der Waals surface area contributed by atoms with E-state index in [9.17, 15) is 9.59 Å². The molecule has 2 aromatic carbocycles. The van der Waals surface area contributed by atoms with Crippen LogP contribution in [0.25, 0.3) is 0 Å². The molecular weight excluding hydrogens is 404 g/mol. The predicted octanol–water partition coefficient (Wildman–Crippen LogP) is 4.33. The van der Waals surface area contributed by atoms with Crippen LogP contribution in [-0.4, -0.2) is 43.0 Å². The summed E-state index contributed by atoms with van der Waals surface area (Å²) >= 11 is 0. The number of aryl methyl sites for hydroxylation is 2. The fraction of sp³-hybridized carbons (Fsp3) is 0.462. The molecule has 2 rings (SSSR count). The Morgan fingerprint density at radius 3 is 2.41 bits per heavy atom. The number of rotatable bonds is 11. The van der Waals surface area contributed by atoms with Crippen molar-refractivity contribution >= 4 is 11.8 Å². The molecule has 2 amide bonds. The van der Waals surface area contributed by atoms with Gasteiger partial charge in [0.05, 0.1) is 7.11 Å². The predicted molar refractivity (Wildman–Crippen MR) is 127 cm³/mol. The zero-order chi connectivity index (χ0) is 23.7. The minimum absolute atomic E-state index is 0.132. The van der Waals surface area contributed by atoms with Gasteiger partial charge in [-0.1, -0.05) is 31.5 Å². The summed E-state index contributed by atoms with van der Waals surface area (Å²) in [5.74, 6) is 1.03. The van der Waals surface area contributed by atoms with E-state index in [1.807, 2.05) is 51.1 Å². The third-order valence-corrected chi connectivity index (χ3v) is 5.62. The average molecular weight is 441 g/mol. The standard InChI is InChI=1S/C26H36N2O4/c1-7-8-13-27-26(30)21(5)28(16-22-9-11-23(31-6)12-10-22)25(29)17-32-24-15-18(2)14-19(3)20(24)4/h9-12,14-15,21H,7-8,13,16-17H2,1-6H3,(H,27,30). The number of methoxy groups -OCH3 is 1. The third-order valence-electron chi connectivity index (χ3n) is 5.62. The number of nitrogens with one attached hydrogen (secondary N) is 1. The van der Waals surface area contributed by atoms with E-state index in [1.165, 1.54) is 0 Å². The van der Waals surface area contributed by atoms with Crippen molar-refractivity contribution in [2.45, 2.75) is 60.0 Å². The smallest absolute Gasteiger partial charge is 0.261 e. The number of amides is 2. The quantitative estimate of drug-likeness (QED) is 0.528. The van der Waals surface area contributed by atoms with Gasteiger partial charge in [0.25, 0.3) is 5.91 Å². The molecule has 0 aromatic heterocycles. The number of hydrogen-bond acceptors (Lipinski definition) is 4. The second-order valence-electron chi connectivity index (χ2n) is 8.18. The summed E-state index contributed by atoms with van der Waals surface area (Å²) in [7, 11) is 1.61. The first-order valence-corrected chi connectivity index (χ1v) is 11.2. The van der Waals surface area contributed by atoms with Gasteiger partial charge in [0, 0.05) is 13.1 Å². The van der Waals surface area contributed by atoms with Crippen LogP contribution in [-0.2, 0) is 16.1 Å². The summed E-state index contributed by atoms with van der Waals surface area (Å²) in [5.41, 5.74) is 4.12. The van der Waals surface area contributed by atoms with E-state index >= 15 is 0 Å². The summed E-state index contributed by atoms with van der Waals surface area (Å²) in [6, 6.07) is 10.9. The van der Waals surface area contributed by atoms with Crippen LogP contribution in [0.3, 0.4) is 0 Å². The summed E-state index contributed by atoms with van der Waals surface area (Å²) in [6.45, 7) is 10.6. The van der Waals surface area contributed by atoms with Crippen LogP contribution in [0.15, 0.2) is 36.4 Å². The number of hydrogen-bond donors (Lipinski definition) is 1. The molecular formula is C26H36N2O4. The molecule has 0 radical (unpaired) electrons. The molecule has 2 aromatic rings. The molecule has 1 atom stereocenters. The first kappa shape index (κ1) is 25.2. The molecule has 6 heteroatoms. The summed E-state index contributed by atoms with van der Waals surface area (Å²) in [5, 5.41) is 2.93. The Labute approximate surface area is 191 Å². The van der Waals surface area contributed by atoms with Crippen molar-refractivity contribution in [3.8, 4) is 11.5 Å². The molecule has 0 bridgehead atoms. The van der Waals surface area contributed by atoms with Crippen molar-refractivity contribution in [2.24, 2.45) is 0 Å². The fourth-order valence-corrected chi connectivity index (χ4v) is 3.42. The van der Waals surface area contributed by atoms with Crippen LogP contribution in [0.2, 0.25) is 0 Å². The van der Waals surface area contributed by atoms with Gasteiger partial charge >= 0.3 is 0 Å². The lowest BCUT2D eigenvalue weighted by molar-refractivity contribution is -0.142. The number of nitrogens with zero attached hydrogens (tertiary/aromatic N) is 1. The van der Waals surface area contributed by atoms with Gasteiger partial charge in [-0.3, -0.25) is 9.59 Å². The molecule has 0 saturated carbocycles. The van der Waals surface area contributed by atoms with Crippen LogP contribution in [0, 0.1) is 20.8 Å². The van der Waals surface area contributed by atoms with Gasteiger partial charge in [-0.25, -0.2) is 0 Å². The number of carbonyl (C=O) groups is 2. The van der Waals surface area contributed by atoms with E-state index in [2.05, 4.69) is 18.3 Å². The fourth-order valence-electron chi connectivity index (χ4n) is 3.42. The summed E-state index contributed by atoms with van der Waals surface area (Å²) < 4.78 is 11.1. The van der Waals surface area contributed by atoms with Crippen molar-refractivity contribution in [3.63, 3.8) is 0 Å². The third kappa shape index (κ3) is 7.01. The van der Waals surface area contributed by atoms with Crippen LogP contribution >= 0.6 is 0 Å². The number of benzene rings is 2. The van der Waals surface area contributed by atoms with Gasteiger partial charge in [0.2, 0.25) is 5.91 Å². The Balaban J connectivity index is 2.17. The maximum absolute atomic E-state index is 13.2. The van der Waals surface area contributed by atoms with Crippen LogP contribution in [0.1, 0.15) is 48.9 Å². The highest BCUT2D eigenvalue weighted by Crippen LogP contribution is 2.23. The highest BCUT2D eigenvalue weighted by Gasteiger charge is 2.26. The molecule has 1 N–H and O–H groups in total. The van der Waals surface area contributed by atoms with Gasteiger partial charge in [-0.2, -0.15) is 0 Å².